The van der Waals surface area contributed by atoms with Gasteiger partial charge in [0.2, 0.25) is 0 Å². The molecule has 4 heteroatoms. The molecule has 0 aliphatic carbocycles. The Bertz CT molecular complexity index is 245. The first-order chi connectivity index (χ1) is 5.17. The normalized spacial score (nSPS) is 11.1. The molecule has 0 saturated carbocycles. The first-order valence-corrected chi connectivity index (χ1v) is 4.79. The van der Waals surface area contributed by atoms with E-state index in [2.05, 4.69) is 0 Å². The van der Waals surface area contributed by atoms with Crippen LogP contribution in [0.5, 0.6) is 0 Å². The van der Waals surface area contributed by atoms with Gasteiger partial charge in [-0.1, -0.05) is 18.2 Å². The molecule has 0 aliphatic heterocycles. The van der Waals surface area contributed by atoms with E-state index in [4.69, 9.17) is 9.79 Å². The molecule has 11 heavy (non-hydrogen) atoms. The van der Waals surface area contributed by atoms with E-state index in [9.17, 15) is 4.79 Å². The Labute approximate surface area is 64.8 Å². The molecule has 0 radical (unpaired) electrons. The van der Waals surface area contributed by atoms with E-state index in [1.807, 2.05) is 0 Å². The van der Waals surface area contributed by atoms with E-state index < -0.39 is 7.72 Å². The summed E-state index contributed by atoms with van der Waals surface area (Å²) in [6.07, 6.45) is 0. The predicted molar refractivity (Wildman–Crippen MR) is 44.2 cm³/mol. The van der Waals surface area contributed by atoms with Crippen LogP contribution in [0, 0.1) is 0 Å². The molecule has 1 rings (SSSR count). The average Bonchev–Trinajstić information content (AvgIpc) is 2.06. The van der Waals surface area contributed by atoms with E-state index in [1.54, 1.807) is 18.2 Å². The second-order valence-electron chi connectivity index (χ2n) is 2.09. The molecule has 0 bridgehead atoms. The molecule has 1 aromatic rings. The van der Waals surface area contributed by atoms with Crippen LogP contribution in [0.25, 0.3) is 0 Å². The van der Waals surface area contributed by atoms with Crippen LogP contribution >= 0.6 is 7.72 Å². The Hall–Kier alpha value is -0.760. The van der Waals surface area contributed by atoms with E-state index in [0.29, 0.717) is 0 Å². The summed E-state index contributed by atoms with van der Waals surface area (Å²) in [5.41, 5.74) is 0. The maximum atomic E-state index is 10.2. The van der Waals surface area contributed by atoms with Crippen molar-refractivity contribution >= 4 is 19.0 Å². The third-order valence-electron chi connectivity index (χ3n) is 1.28. The Morgan fingerprint density at radius 3 is 2.18 bits per heavy atom. The number of benzene rings is 1. The summed E-state index contributed by atoms with van der Waals surface area (Å²) in [7, 11) is -3.46. The first kappa shape index (κ1) is 8.34. The molecule has 0 aromatic heterocycles. The topological polar surface area (TPSA) is 57.5 Å². The summed E-state index contributed by atoms with van der Waals surface area (Å²) in [6, 6.07) is 8.28. The molecule has 3 nitrogen and oxygen atoms in total. The molecule has 0 atom stereocenters. The van der Waals surface area contributed by atoms with Gasteiger partial charge >= 0.3 is 13.7 Å². The number of rotatable bonds is 2. The summed E-state index contributed by atoms with van der Waals surface area (Å²) in [4.78, 5) is 28.4. The molecular formula is C7H8O3P+. The van der Waals surface area contributed by atoms with Gasteiger partial charge in [0.05, 0.1) is 0 Å². The van der Waals surface area contributed by atoms with E-state index in [1.165, 1.54) is 12.1 Å². The van der Waals surface area contributed by atoms with Gasteiger partial charge in [-0.05, 0) is 12.1 Å². The van der Waals surface area contributed by atoms with E-state index in [0.717, 1.165) is 0 Å². The van der Waals surface area contributed by atoms with Crippen LogP contribution in [-0.4, -0.2) is 15.8 Å². The van der Waals surface area contributed by atoms with Crippen LogP contribution in [-0.2, 0) is 4.79 Å². The Morgan fingerprint density at radius 2 is 1.73 bits per heavy atom. The van der Waals surface area contributed by atoms with E-state index in [-0.39, 0.29) is 11.3 Å². The third-order valence-corrected chi connectivity index (χ3v) is 2.64. The van der Waals surface area contributed by atoms with Gasteiger partial charge in [0.1, 0.15) is 0 Å². The van der Waals surface area contributed by atoms with Crippen LogP contribution in [0.3, 0.4) is 0 Å². The number of carbonyl (C=O) groups excluding carboxylic acids is 1. The lowest BCUT2D eigenvalue weighted by Crippen LogP contribution is -2.09. The lowest BCUT2D eigenvalue weighted by molar-refractivity contribution is 0.472. The maximum Gasteiger partial charge on any atom is 0.367 e. The van der Waals surface area contributed by atoms with Crippen LogP contribution in [0.2, 0.25) is 0 Å². The second-order valence-corrected chi connectivity index (χ2v) is 4.12. The fourth-order valence-corrected chi connectivity index (χ4v) is 1.44. The minimum absolute atomic E-state index is 0.197. The fraction of sp³-hybridized carbons (Fsp3) is 0. The van der Waals surface area contributed by atoms with Crippen molar-refractivity contribution in [2.75, 3.05) is 0 Å². The highest BCUT2D eigenvalue weighted by Crippen LogP contribution is 2.44. The van der Waals surface area contributed by atoms with Gasteiger partial charge in [0.25, 0.3) is 0 Å². The lowest BCUT2D eigenvalue weighted by Gasteiger charge is -2.01. The van der Waals surface area contributed by atoms with Crippen molar-refractivity contribution in [2.24, 2.45) is 0 Å². The monoisotopic (exact) mass is 171 g/mol. The van der Waals surface area contributed by atoms with Crippen LogP contribution in [0.1, 0.15) is 0 Å². The van der Waals surface area contributed by atoms with Gasteiger partial charge in [0, 0.05) is 0 Å². The standard InChI is InChI=1S/C7H8O3P/c8-6-11(9,10)7-4-2-1-3-5-7/h1-6,9-10H/q+1. The zero-order valence-corrected chi connectivity index (χ0v) is 6.61. The molecule has 0 saturated heterocycles. The number of hydrogen-bond acceptors (Lipinski definition) is 3. The van der Waals surface area contributed by atoms with Gasteiger partial charge < -0.3 is 0 Å². The zero-order valence-electron chi connectivity index (χ0n) is 5.71. The molecule has 1 aromatic carbocycles. The van der Waals surface area contributed by atoms with Crippen molar-refractivity contribution in [3.05, 3.63) is 30.3 Å². The van der Waals surface area contributed by atoms with Gasteiger partial charge in [-0.2, -0.15) is 0 Å². The van der Waals surface area contributed by atoms with Gasteiger partial charge in [-0.15, -0.1) is 0 Å². The molecule has 0 amide bonds. The summed E-state index contributed by atoms with van der Waals surface area (Å²) in [5, 5.41) is 0.287. The fourth-order valence-electron chi connectivity index (χ4n) is 0.708. The Balaban J connectivity index is 3.02. The van der Waals surface area contributed by atoms with Crippen molar-refractivity contribution in [1.29, 1.82) is 0 Å². The van der Waals surface area contributed by atoms with Crippen molar-refractivity contribution in [3.63, 3.8) is 0 Å². The van der Waals surface area contributed by atoms with Crippen LogP contribution < -0.4 is 5.30 Å². The highest BCUT2D eigenvalue weighted by atomic mass is 31.2. The Morgan fingerprint density at radius 1 is 1.18 bits per heavy atom. The molecule has 0 unspecified atom stereocenters. The number of carbonyl (C=O) groups is 1. The van der Waals surface area contributed by atoms with Gasteiger partial charge in [-0.3, -0.25) is 4.79 Å². The van der Waals surface area contributed by atoms with Crippen molar-refractivity contribution < 1.29 is 14.6 Å². The minimum Gasteiger partial charge on any atom is -0.250 e. The zero-order chi connectivity index (χ0) is 8.32. The SMILES string of the molecule is O=C[P+](O)(O)c1ccccc1. The molecule has 0 heterocycles. The van der Waals surface area contributed by atoms with Crippen molar-refractivity contribution in [2.45, 2.75) is 0 Å². The third kappa shape index (κ3) is 1.84. The maximum absolute atomic E-state index is 10.2. The highest BCUT2D eigenvalue weighted by Gasteiger charge is 2.35. The summed E-state index contributed by atoms with van der Waals surface area (Å²) < 4.78 is 0. The smallest absolute Gasteiger partial charge is 0.250 e. The molecule has 58 valence electrons. The summed E-state index contributed by atoms with van der Waals surface area (Å²) in [5.74, 6) is 0. The molecule has 0 spiro atoms. The second kappa shape index (κ2) is 3.09. The van der Waals surface area contributed by atoms with E-state index >= 15 is 0 Å². The number of hydrogen-bond donors (Lipinski definition) is 2. The molecule has 0 fully saturated rings. The lowest BCUT2D eigenvalue weighted by atomic mass is 10.4. The van der Waals surface area contributed by atoms with Crippen LogP contribution in [0.4, 0.5) is 0 Å². The van der Waals surface area contributed by atoms with Crippen LogP contribution in [0.15, 0.2) is 30.3 Å². The quantitative estimate of drug-likeness (QED) is 0.498. The van der Waals surface area contributed by atoms with Crippen molar-refractivity contribution in [1.82, 2.24) is 0 Å². The average molecular weight is 171 g/mol. The molecule has 2 N–H and O–H groups in total. The molecule has 0 aliphatic rings. The predicted octanol–water partition coefficient (Wildman–Crippen LogP) is 0.334. The Kier molecular flexibility index (Phi) is 2.35. The highest BCUT2D eigenvalue weighted by molar-refractivity contribution is 7.85. The summed E-state index contributed by atoms with van der Waals surface area (Å²) >= 11 is 0. The van der Waals surface area contributed by atoms with Gasteiger partial charge in [0.15, 0.2) is 5.30 Å². The molecular weight excluding hydrogens is 163 g/mol. The minimum atomic E-state index is -3.46. The largest absolute Gasteiger partial charge is 0.367 e. The van der Waals surface area contributed by atoms with Crippen molar-refractivity contribution in [3.8, 4) is 0 Å². The first-order valence-electron chi connectivity index (χ1n) is 3.03. The van der Waals surface area contributed by atoms with Gasteiger partial charge in [-0.25, -0.2) is 9.79 Å². The summed E-state index contributed by atoms with van der Waals surface area (Å²) in [6.45, 7) is 0.